The van der Waals surface area contributed by atoms with Gasteiger partial charge in [-0.3, -0.25) is 0 Å². The van der Waals surface area contributed by atoms with Crippen LogP contribution in [0.3, 0.4) is 0 Å². The lowest BCUT2D eigenvalue weighted by atomic mass is 10.1. The van der Waals surface area contributed by atoms with Crippen molar-refractivity contribution in [2.45, 2.75) is 16.3 Å². The van der Waals surface area contributed by atoms with Crippen molar-refractivity contribution in [3.63, 3.8) is 0 Å². The van der Waals surface area contributed by atoms with Gasteiger partial charge < -0.3 is 20.8 Å². The van der Waals surface area contributed by atoms with Crippen LogP contribution in [0, 0.1) is 5.82 Å². The molecular formula is C22H18FN3O2S. The van der Waals surface area contributed by atoms with E-state index in [1.165, 1.54) is 17.8 Å². The lowest BCUT2D eigenvalue weighted by Gasteiger charge is -2.08. The third kappa shape index (κ3) is 4.35. The molecule has 0 atom stereocenters. The van der Waals surface area contributed by atoms with Crippen molar-refractivity contribution in [2.24, 2.45) is 5.73 Å². The number of ether oxygens (including phenoxy) is 1. The third-order valence-corrected chi connectivity index (χ3v) is 5.42. The number of para-hydroxylation sites is 1. The van der Waals surface area contributed by atoms with Crippen LogP contribution in [0.2, 0.25) is 0 Å². The molecule has 4 rings (SSSR count). The van der Waals surface area contributed by atoms with E-state index in [2.05, 4.69) is 10.3 Å². The van der Waals surface area contributed by atoms with Gasteiger partial charge in [0.15, 0.2) is 0 Å². The predicted molar refractivity (Wildman–Crippen MR) is 113 cm³/mol. The summed E-state index contributed by atoms with van der Waals surface area (Å²) in [5, 5.41) is 4.00. The van der Waals surface area contributed by atoms with E-state index in [0.717, 1.165) is 26.3 Å². The zero-order chi connectivity index (χ0) is 20.2. The fourth-order valence-electron chi connectivity index (χ4n) is 2.98. The number of hydrogen-bond donors (Lipinski definition) is 3. The van der Waals surface area contributed by atoms with Crippen LogP contribution in [-0.4, -0.2) is 11.1 Å². The zero-order valence-corrected chi connectivity index (χ0v) is 16.1. The molecular weight excluding hydrogens is 389 g/mol. The summed E-state index contributed by atoms with van der Waals surface area (Å²) in [5.74, 6) is 0.00764. The molecule has 0 unspecified atom stereocenters. The van der Waals surface area contributed by atoms with Crippen molar-refractivity contribution in [1.29, 1.82) is 0 Å². The highest BCUT2D eigenvalue weighted by Gasteiger charge is 2.17. The molecule has 5 nitrogen and oxygen atoms in total. The Morgan fingerprint density at radius 1 is 1.07 bits per heavy atom. The second-order valence-electron chi connectivity index (χ2n) is 6.33. The first-order valence-corrected chi connectivity index (χ1v) is 9.75. The van der Waals surface area contributed by atoms with E-state index in [-0.39, 0.29) is 5.82 Å². The molecule has 1 amide bonds. The van der Waals surface area contributed by atoms with Crippen LogP contribution in [0.4, 0.5) is 14.9 Å². The molecule has 0 aliphatic rings. The van der Waals surface area contributed by atoms with Gasteiger partial charge in [0.25, 0.3) is 0 Å². The maximum absolute atomic E-state index is 13.8. The Bertz CT molecular complexity index is 1160. The van der Waals surface area contributed by atoms with Crippen LogP contribution >= 0.6 is 11.8 Å². The lowest BCUT2D eigenvalue weighted by molar-refractivity contribution is 0.208. The van der Waals surface area contributed by atoms with E-state index in [1.807, 2.05) is 48.5 Å². The number of fused-ring (bicyclic) bond motifs is 1. The fraction of sp³-hybridized carbons (Fsp3) is 0.0455. The summed E-state index contributed by atoms with van der Waals surface area (Å²) in [5.41, 5.74) is 7.44. The SMILES string of the molecule is NC(=O)Oc1[nH]c2ccc(CNc3ccccc3F)cc2c1Sc1ccccc1. The molecule has 0 saturated carbocycles. The van der Waals surface area contributed by atoms with E-state index in [1.54, 1.807) is 18.2 Å². The number of aromatic nitrogens is 1. The number of carbonyl (C=O) groups is 1. The van der Waals surface area contributed by atoms with Crippen LogP contribution in [0.15, 0.2) is 82.6 Å². The molecule has 146 valence electrons. The van der Waals surface area contributed by atoms with Crippen molar-refractivity contribution >= 4 is 34.4 Å². The number of nitrogens with two attached hydrogens (primary N) is 1. The molecule has 4 aromatic rings. The van der Waals surface area contributed by atoms with Crippen LogP contribution in [0.5, 0.6) is 5.88 Å². The van der Waals surface area contributed by atoms with Gasteiger partial charge in [-0.1, -0.05) is 48.2 Å². The minimum Gasteiger partial charge on any atom is -0.392 e. The molecule has 0 aliphatic heterocycles. The summed E-state index contributed by atoms with van der Waals surface area (Å²) in [6.07, 6.45) is -0.882. The Balaban J connectivity index is 1.67. The molecule has 0 bridgehead atoms. The van der Waals surface area contributed by atoms with Crippen molar-refractivity contribution in [2.75, 3.05) is 5.32 Å². The van der Waals surface area contributed by atoms with Crippen molar-refractivity contribution in [3.05, 3.63) is 84.2 Å². The first-order chi connectivity index (χ1) is 14.1. The molecule has 0 saturated heterocycles. The van der Waals surface area contributed by atoms with Crippen LogP contribution < -0.4 is 15.8 Å². The van der Waals surface area contributed by atoms with Gasteiger partial charge in [-0.05, 0) is 42.0 Å². The normalized spacial score (nSPS) is 10.8. The number of rotatable bonds is 6. The van der Waals surface area contributed by atoms with Gasteiger partial charge in [0.05, 0.1) is 10.6 Å². The van der Waals surface area contributed by atoms with Gasteiger partial charge in [-0.25, -0.2) is 9.18 Å². The molecule has 4 N–H and O–H groups in total. The Kier molecular flexibility index (Phi) is 5.39. The second kappa shape index (κ2) is 8.28. The number of amides is 1. The van der Waals surface area contributed by atoms with Crippen molar-refractivity contribution in [3.8, 4) is 5.88 Å². The summed E-state index contributed by atoms with van der Waals surface area (Å²) in [6, 6.07) is 22.1. The standard InChI is InChI=1S/C22H18FN3O2S/c23-17-8-4-5-9-19(17)25-13-14-10-11-18-16(12-14)20(21(26-18)28-22(24)27)29-15-6-2-1-3-7-15/h1-12,25-26H,13H2,(H2,24,27). The Morgan fingerprint density at radius 2 is 1.83 bits per heavy atom. The fourth-order valence-corrected chi connectivity index (χ4v) is 3.97. The Morgan fingerprint density at radius 3 is 2.59 bits per heavy atom. The van der Waals surface area contributed by atoms with Crippen molar-refractivity contribution in [1.82, 2.24) is 4.98 Å². The first kappa shape index (κ1) is 18.9. The van der Waals surface area contributed by atoms with Gasteiger partial charge >= 0.3 is 6.09 Å². The van der Waals surface area contributed by atoms with Crippen LogP contribution in [0.1, 0.15) is 5.56 Å². The monoisotopic (exact) mass is 407 g/mol. The third-order valence-electron chi connectivity index (χ3n) is 4.31. The Labute approximate surface area is 171 Å². The number of aromatic amines is 1. The van der Waals surface area contributed by atoms with Gasteiger partial charge in [0.1, 0.15) is 5.82 Å². The van der Waals surface area contributed by atoms with E-state index >= 15 is 0 Å². The quantitative estimate of drug-likeness (QED) is 0.393. The lowest BCUT2D eigenvalue weighted by Crippen LogP contribution is -2.16. The minimum atomic E-state index is -0.882. The van der Waals surface area contributed by atoms with Gasteiger partial charge in [-0.2, -0.15) is 0 Å². The summed E-state index contributed by atoms with van der Waals surface area (Å²) in [7, 11) is 0. The molecule has 29 heavy (non-hydrogen) atoms. The van der Waals surface area contributed by atoms with Crippen molar-refractivity contribution < 1.29 is 13.9 Å². The number of hydrogen-bond acceptors (Lipinski definition) is 4. The molecule has 0 aliphatic carbocycles. The number of halogens is 1. The largest absolute Gasteiger partial charge is 0.411 e. The number of H-pyrrole nitrogens is 1. The predicted octanol–water partition coefficient (Wildman–Crippen LogP) is 5.53. The summed E-state index contributed by atoms with van der Waals surface area (Å²) in [4.78, 5) is 16.2. The summed E-state index contributed by atoms with van der Waals surface area (Å²) >= 11 is 1.47. The number of carbonyl (C=O) groups excluding carboxylic acids is 1. The molecule has 0 fully saturated rings. The maximum Gasteiger partial charge on any atom is 0.411 e. The highest BCUT2D eigenvalue weighted by Crippen LogP contribution is 2.41. The molecule has 0 spiro atoms. The van der Waals surface area contributed by atoms with E-state index in [4.69, 9.17) is 10.5 Å². The Hall–Kier alpha value is -3.45. The van der Waals surface area contributed by atoms with E-state index < -0.39 is 6.09 Å². The number of benzene rings is 3. The molecule has 1 heterocycles. The molecule has 7 heteroatoms. The van der Waals surface area contributed by atoms with E-state index in [9.17, 15) is 9.18 Å². The number of primary amides is 1. The minimum absolute atomic E-state index is 0.298. The molecule has 1 aromatic heterocycles. The zero-order valence-electron chi connectivity index (χ0n) is 15.3. The smallest absolute Gasteiger partial charge is 0.392 e. The number of nitrogens with one attached hydrogen (secondary N) is 2. The second-order valence-corrected chi connectivity index (χ2v) is 7.42. The van der Waals surface area contributed by atoms with E-state index in [0.29, 0.717) is 18.1 Å². The van der Waals surface area contributed by atoms with Gasteiger partial charge in [0, 0.05) is 22.3 Å². The molecule has 0 radical (unpaired) electrons. The van der Waals surface area contributed by atoms with Crippen LogP contribution in [0.25, 0.3) is 10.9 Å². The topological polar surface area (TPSA) is 80.1 Å². The highest BCUT2D eigenvalue weighted by atomic mass is 32.2. The maximum atomic E-state index is 13.8. The number of anilines is 1. The average Bonchev–Trinajstić information content (AvgIpc) is 3.04. The van der Waals surface area contributed by atoms with Gasteiger partial charge in [0.2, 0.25) is 5.88 Å². The van der Waals surface area contributed by atoms with Crippen LogP contribution in [-0.2, 0) is 6.54 Å². The first-order valence-electron chi connectivity index (χ1n) is 8.93. The van der Waals surface area contributed by atoms with Gasteiger partial charge in [-0.15, -0.1) is 0 Å². The highest BCUT2D eigenvalue weighted by molar-refractivity contribution is 7.99. The summed E-state index contributed by atoms with van der Waals surface area (Å²) < 4.78 is 19.0. The summed E-state index contributed by atoms with van der Waals surface area (Å²) in [6.45, 7) is 0.448. The molecule has 3 aromatic carbocycles. The average molecular weight is 407 g/mol.